The number of benzene rings is 2. The monoisotopic (exact) mass is 230 g/mol. The van der Waals surface area contributed by atoms with Gasteiger partial charge in [0.1, 0.15) is 11.7 Å². The second kappa shape index (κ2) is 5.61. The molecule has 0 saturated carbocycles. The van der Waals surface area contributed by atoms with Gasteiger partial charge in [0.2, 0.25) is 0 Å². The van der Waals surface area contributed by atoms with Crippen LogP contribution < -0.4 is 4.74 Å². The number of hydrogen-bond acceptors (Lipinski definition) is 2. The van der Waals surface area contributed by atoms with Crippen LogP contribution in [0.25, 0.3) is 0 Å². The van der Waals surface area contributed by atoms with Gasteiger partial charge in [0, 0.05) is 4.90 Å². The Hall–Kier alpha value is -1.41. The maximum absolute atomic E-state index is 5.60. The molecule has 0 atom stereocenters. The first-order chi connectivity index (χ1) is 7.84. The molecule has 0 N–H and O–H groups in total. The number of thioether (sulfide) groups is 1. The van der Waals surface area contributed by atoms with Crippen molar-refractivity contribution in [2.75, 3.05) is 5.94 Å². The average molecular weight is 230 g/mol. The van der Waals surface area contributed by atoms with Crippen LogP contribution in [0.15, 0.2) is 59.5 Å². The quantitative estimate of drug-likeness (QED) is 0.577. The minimum Gasteiger partial charge on any atom is -0.483 e. The van der Waals surface area contributed by atoms with Gasteiger partial charge < -0.3 is 4.74 Å². The molecule has 0 saturated heterocycles. The zero-order valence-electron chi connectivity index (χ0n) is 9.22. The number of para-hydroxylation sites is 1. The van der Waals surface area contributed by atoms with Crippen molar-refractivity contribution in [1.29, 1.82) is 0 Å². The van der Waals surface area contributed by atoms with Crippen LogP contribution in [0.2, 0.25) is 0 Å². The van der Waals surface area contributed by atoms with Gasteiger partial charge in [0.15, 0.2) is 0 Å². The smallest absolute Gasteiger partial charge is 0.138 e. The van der Waals surface area contributed by atoms with Crippen molar-refractivity contribution in [3.63, 3.8) is 0 Å². The van der Waals surface area contributed by atoms with E-state index in [1.165, 1.54) is 10.5 Å². The topological polar surface area (TPSA) is 9.23 Å². The predicted molar refractivity (Wildman–Crippen MR) is 69.0 cm³/mol. The van der Waals surface area contributed by atoms with Crippen LogP contribution in [-0.4, -0.2) is 5.94 Å². The highest BCUT2D eigenvalue weighted by Gasteiger charge is 1.95. The molecule has 0 radical (unpaired) electrons. The van der Waals surface area contributed by atoms with Crippen LogP contribution in [-0.2, 0) is 0 Å². The van der Waals surface area contributed by atoms with Crippen LogP contribution in [0.1, 0.15) is 5.56 Å². The van der Waals surface area contributed by atoms with Crippen LogP contribution in [0.5, 0.6) is 5.75 Å². The van der Waals surface area contributed by atoms with Gasteiger partial charge in [-0.25, -0.2) is 0 Å². The Labute approximate surface area is 100 Å². The molecule has 0 fully saturated rings. The first-order valence-electron chi connectivity index (χ1n) is 5.22. The van der Waals surface area contributed by atoms with E-state index < -0.39 is 0 Å². The normalized spacial score (nSPS) is 10.1. The molecule has 2 aromatic rings. The average Bonchev–Trinajstić information content (AvgIpc) is 2.33. The van der Waals surface area contributed by atoms with E-state index in [4.69, 9.17) is 4.74 Å². The lowest BCUT2D eigenvalue weighted by Crippen LogP contribution is -1.91. The maximum Gasteiger partial charge on any atom is 0.138 e. The molecule has 0 aliphatic rings. The Bertz CT molecular complexity index is 422. The van der Waals surface area contributed by atoms with Gasteiger partial charge in [0.05, 0.1) is 0 Å². The molecule has 16 heavy (non-hydrogen) atoms. The highest BCUT2D eigenvalue weighted by molar-refractivity contribution is 7.99. The summed E-state index contributed by atoms with van der Waals surface area (Å²) in [5.74, 6) is 1.56. The molecule has 0 heterocycles. The fourth-order valence-electron chi connectivity index (χ4n) is 1.32. The van der Waals surface area contributed by atoms with Crippen LogP contribution >= 0.6 is 11.8 Å². The molecular formula is C14H14OS. The maximum atomic E-state index is 5.60. The Kier molecular flexibility index (Phi) is 3.89. The highest BCUT2D eigenvalue weighted by atomic mass is 32.2. The van der Waals surface area contributed by atoms with Crippen molar-refractivity contribution in [3.8, 4) is 5.75 Å². The van der Waals surface area contributed by atoms with Crippen molar-refractivity contribution in [2.45, 2.75) is 11.8 Å². The number of ether oxygens (including phenoxy) is 1. The van der Waals surface area contributed by atoms with Gasteiger partial charge in [-0.15, -0.1) is 0 Å². The lowest BCUT2D eigenvalue weighted by Gasteiger charge is -2.05. The summed E-state index contributed by atoms with van der Waals surface area (Å²) in [5.41, 5.74) is 1.29. The fraction of sp³-hybridized carbons (Fsp3) is 0.143. The third kappa shape index (κ3) is 3.31. The molecule has 0 aliphatic carbocycles. The lowest BCUT2D eigenvalue weighted by molar-refractivity contribution is 0.393. The molecule has 0 aromatic heterocycles. The molecule has 2 heteroatoms. The molecular weight excluding hydrogens is 216 g/mol. The number of aryl methyl sites for hydroxylation is 1. The van der Waals surface area contributed by atoms with E-state index in [0.29, 0.717) is 5.94 Å². The standard InChI is InChI=1S/C14H14OS/c1-12-7-9-14(10-8-12)16-11-15-13-5-3-2-4-6-13/h2-10H,11H2,1H3. The second-order valence-electron chi connectivity index (χ2n) is 3.53. The summed E-state index contributed by atoms with van der Waals surface area (Å²) in [4.78, 5) is 1.24. The minimum absolute atomic E-state index is 0.646. The predicted octanol–water partition coefficient (Wildman–Crippen LogP) is 4.12. The third-order valence-electron chi connectivity index (χ3n) is 2.22. The molecule has 1 nitrogen and oxygen atoms in total. The van der Waals surface area contributed by atoms with Crippen LogP contribution in [0.3, 0.4) is 0 Å². The van der Waals surface area contributed by atoms with E-state index in [-0.39, 0.29) is 0 Å². The van der Waals surface area contributed by atoms with Crippen molar-refractivity contribution < 1.29 is 4.74 Å². The first kappa shape index (κ1) is 11.1. The van der Waals surface area contributed by atoms with E-state index in [1.54, 1.807) is 11.8 Å². The van der Waals surface area contributed by atoms with E-state index in [0.717, 1.165) is 5.75 Å². The SMILES string of the molecule is Cc1ccc(SCOc2ccccc2)cc1. The Morgan fingerprint density at radius 3 is 2.31 bits per heavy atom. The fourth-order valence-corrected chi connectivity index (χ4v) is 1.98. The summed E-state index contributed by atoms with van der Waals surface area (Å²) in [5, 5.41) is 0. The summed E-state index contributed by atoms with van der Waals surface area (Å²) < 4.78 is 5.60. The summed E-state index contributed by atoms with van der Waals surface area (Å²) in [6, 6.07) is 18.3. The highest BCUT2D eigenvalue weighted by Crippen LogP contribution is 2.19. The van der Waals surface area contributed by atoms with Crippen LogP contribution in [0, 0.1) is 6.92 Å². The van der Waals surface area contributed by atoms with Gasteiger partial charge in [-0.2, -0.15) is 0 Å². The molecule has 0 aliphatic heterocycles. The number of rotatable bonds is 4. The molecule has 82 valence electrons. The van der Waals surface area contributed by atoms with E-state index in [1.807, 2.05) is 30.3 Å². The van der Waals surface area contributed by atoms with Gasteiger partial charge in [0.25, 0.3) is 0 Å². The zero-order valence-corrected chi connectivity index (χ0v) is 10.0. The second-order valence-corrected chi connectivity index (χ2v) is 4.53. The Morgan fingerprint density at radius 1 is 0.938 bits per heavy atom. The van der Waals surface area contributed by atoms with Gasteiger partial charge >= 0.3 is 0 Å². The molecule has 2 aromatic carbocycles. The van der Waals surface area contributed by atoms with Gasteiger partial charge in [-0.1, -0.05) is 47.7 Å². The molecule has 0 amide bonds. The van der Waals surface area contributed by atoms with E-state index in [9.17, 15) is 0 Å². The van der Waals surface area contributed by atoms with E-state index >= 15 is 0 Å². The first-order valence-corrected chi connectivity index (χ1v) is 6.20. The molecule has 0 unspecified atom stereocenters. The van der Waals surface area contributed by atoms with Crippen molar-refractivity contribution in [2.24, 2.45) is 0 Å². The Morgan fingerprint density at radius 2 is 1.62 bits per heavy atom. The van der Waals surface area contributed by atoms with Gasteiger partial charge in [-0.3, -0.25) is 0 Å². The number of hydrogen-bond donors (Lipinski definition) is 0. The summed E-state index contributed by atoms with van der Waals surface area (Å²) in [7, 11) is 0. The lowest BCUT2D eigenvalue weighted by atomic mass is 10.2. The van der Waals surface area contributed by atoms with Crippen molar-refractivity contribution in [3.05, 3.63) is 60.2 Å². The van der Waals surface area contributed by atoms with Crippen molar-refractivity contribution in [1.82, 2.24) is 0 Å². The van der Waals surface area contributed by atoms with Crippen LogP contribution in [0.4, 0.5) is 0 Å². The van der Waals surface area contributed by atoms with Crippen molar-refractivity contribution >= 4 is 11.8 Å². The zero-order chi connectivity index (χ0) is 11.2. The van der Waals surface area contributed by atoms with Gasteiger partial charge in [-0.05, 0) is 31.2 Å². The largest absolute Gasteiger partial charge is 0.483 e. The summed E-state index contributed by atoms with van der Waals surface area (Å²) >= 11 is 1.70. The summed E-state index contributed by atoms with van der Waals surface area (Å²) in [6.45, 7) is 2.09. The molecule has 0 bridgehead atoms. The molecule has 2 rings (SSSR count). The molecule has 0 spiro atoms. The van der Waals surface area contributed by atoms with E-state index in [2.05, 4.69) is 31.2 Å². The minimum atomic E-state index is 0.646. The third-order valence-corrected chi connectivity index (χ3v) is 3.06. The Balaban J connectivity index is 1.82. The summed E-state index contributed by atoms with van der Waals surface area (Å²) in [6.07, 6.45) is 0.